The highest BCUT2D eigenvalue weighted by atomic mass is 79.9. The van der Waals surface area contributed by atoms with Crippen LogP contribution >= 0.6 is 23.5 Å². The lowest BCUT2D eigenvalue weighted by Gasteiger charge is -2.18. The molecule has 0 fully saturated rings. The zero-order valence-electron chi connectivity index (χ0n) is 18.6. The van der Waals surface area contributed by atoms with Gasteiger partial charge in [0.15, 0.2) is 22.7 Å². The molecule has 1 unspecified atom stereocenters. The first kappa shape index (κ1) is 26.0. The number of aliphatic hydroxyl groups excluding tert-OH is 1. The van der Waals surface area contributed by atoms with Crippen molar-refractivity contribution < 1.29 is 32.3 Å². The number of aromatic nitrogens is 4. The number of anilines is 1. The lowest BCUT2D eigenvalue weighted by Crippen LogP contribution is -2.13. The highest BCUT2D eigenvalue weighted by Gasteiger charge is 2.28. The molecule has 4 N–H and O–H groups in total. The third-order valence-electron chi connectivity index (χ3n) is 4.80. The largest absolute Gasteiger partial charge is 0.519 e. The Morgan fingerprint density at radius 2 is 1.97 bits per heavy atom. The number of imidazole rings is 1. The molecule has 4 rings (SSSR count). The number of nitrogens with one attached hydrogen (secondary N) is 1. The van der Waals surface area contributed by atoms with E-state index in [9.17, 15) is 19.3 Å². The third kappa shape index (κ3) is 6.37. The zero-order valence-corrected chi connectivity index (χ0v) is 21.1. The summed E-state index contributed by atoms with van der Waals surface area (Å²) < 4.78 is 41.9. The molecule has 0 aliphatic rings. The number of ether oxygens (including phenoxy) is 1. The Kier molecular flexibility index (Phi) is 8.18. The molecule has 0 aliphatic carbocycles. The maximum atomic E-state index is 13.4. The van der Waals surface area contributed by atoms with E-state index in [0.29, 0.717) is 0 Å². The smallest absolute Gasteiger partial charge is 0.393 e. The van der Waals surface area contributed by atoms with Gasteiger partial charge in [-0.1, -0.05) is 28.1 Å². The molecule has 0 radical (unpaired) electrons. The van der Waals surface area contributed by atoms with Crippen molar-refractivity contribution in [3.63, 3.8) is 0 Å². The van der Waals surface area contributed by atoms with E-state index in [-0.39, 0.29) is 48.4 Å². The molecule has 1 atom stereocenters. The second-order valence-electron chi connectivity index (χ2n) is 7.34. The molecule has 0 amide bonds. The lowest BCUT2D eigenvalue weighted by atomic mass is 10.2. The molecule has 14 nitrogen and oxygen atoms in total. The van der Waals surface area contributed by atoms with Gasteiger partial charge in [0.25, 0.3) is 5.56 Å². The molecule has 192 valence electrons. The van der Waals surface area contributed by atoms with Crippen molar-refractivity contribution in [2.24, 2.45) is 0 Å². The minimum Gasteiger partial charge on any atom is -0.393 e. The number of H-pyrrole nitrogens is 1. The molecule has 36 heavy (non-hydrogen) atoms. The summed E-state index contributed by atoms with van der Waals surface area (Å²) in [5.74, 6) is -1.35. The van der Waals surface area contributed by atoms with Crippen LogP contribution in [0.25, 0.3) is 11.2 Å². The predicted molar refractivity (Wildman–Crippen MR) is 128 cm³/mol. The van der Waals surface area contributed by atoms with Gasteiger partial charge in [-0.2, -0.15) is 4.98 Å². The first-order chi connectivity index (χ1) is 17.3. The van der Waals surface area contributed by atoms with Crippen molar-refractivity contribution in [1.82, 2.24) is 19.5 Å². The molecule has 0 spiro atoms. The summed E-state index contributed by atoms with van der Waals surface area (Å²) in [6.45, 7) is -0.872. The summed E-state index contributed by atoms with van der Waals surface area (Å²) in [7, 11) is -3.90. The number of nitrogens with zero attached hydrogens (tertiary/aromatic N) is 3. The maximum absolute atomic E-state index is 13.4. The standard InChI is InChI=1S/C20H21BrN5O9P/c21-13-3-1-2-12(6-13)8-32-36(30,33-9-15-14(7-27)34-20(29)35-15)11-31-5-4-26-10-23-16-17(26)24-19(22)25-18(16)28/h1-3,6,10,27H,4-5,7-9,11H2,(H3,22,24,25,28). The van der Waals surface area contributed by atoms with Crippen LogP contribution in [0, 0.1) is 0 Å². The highest BCUT2D eigenvalue weighted by Crippen LogP contribution is 2.50. The van der Waals surface area contributed by atoms with Gasteiger partial charge in [0.05, 0.1) is 19.5 Å². The van der Waals surface area contributed by atoms with Crippen LogP contribution in [0.2, 0.25) is 0 Å². The topological polar surface area (TPSA) is 198 Å². The van der Waals surface area contributed by atoms with E-state index in [0.717, 1.165) is 10.0 Å². The summed E-state index contributed by atoms with van der Waals surface area (Å²) in [5, 5.41) is 9.29. The third-order valence-corrected chi connectivity index (χ3v) is 6.83. The van der Waals surface area contributed by atoms with Crippen LogP contribution in [-0.2, 0) is 44.7 Å². The van der Waals surface area contributed by atoms with E-state index < -0.39 is 38.5 Å². The SMILES string of the molecule is Nc1nc2c(ncn2CCOCP(=O)(OCc2cccc(Br)c2)OCc2oc(=O)oc2CO)c(=O)[nH]1. The van der Waals surface area contributed by atoms with E-state index in [4.69, 9.17) is 28.4 Å². The Balaban J connectivity index is 1.42. The number of halogens is 1. The van der Waals surface area contributed by atoms with Crippen LogP contribution in [0.4, 0.5) is 5.95 Å². The molecular weight excluding hydrogens is 565 g/mol. The van der Waals surface area contributed by atoms with Crippen LogP contribution in [-0.4, -0.2) is 37.6 Å². The molecule has 4 aromatic rings. The fourth-order valence-electron chi connectivity index (χ4n) is 3.11. The molecule has 0 saturated carbocycles. The number of hydrogen-bond donors (Lipinski definition) is 3. The van der Waals surface area contributed by atoms with Gasteiger partial charge in [-0.25, -0.2) is 9.78 Å². The second-order valence-corrected chi connectivity index (χ2v) is 10.3. The van der Waals surface area contributed by atoms with Crippen molar-refractivity contribution in [1.29, 1.82) is 0 Å². The van der Waals surface area contributed by atoms with Gasteiger partial charge in [-0.05, 0) is 17.7 Å². The summed E-state index contributed by atoms with van der Waals surface area (Å²) in [5.41, 5.74) is 6.25. The van der Waals surface area contributed by atoms with Gasteiger partial charge in [0.2, 0.25) is 5.95 Å². The Bertz CT molecular complexity index is 1510. The quantitative estimate of drug-likeness (QED) is 0.162. The molecule has 3 heterocycles. The Labute approximate surface area is 210 Å². The molecular formula is C20H21BrN5O9P. The van der Waals surface area contributed by atoms with Crippen LogP contribution in [0.5, 0.6) is 0 Å². The normalized spacial score (nSPS) is 13.3. The number of benzene rings is 1. The van der Waals surface area contributed by atoms with E-state index in [2.05, 4.69) is 30.9 Å². The number of aromatic amines is 1. The predicted octanol–water partition coefficient (Wildman–Crippen LogP) is 2.10. The number of fused-ring (bicyclic) bond motifs is 1. The van der Waals surface area contributed by atoms with Crippen LogP contribution < -0.4 is 17.1 Å². The van der Waals surface area contributed by atoms with E-state index in [1.165, 1.54) is 6.33 Å². The van der Waals surface area contributed by atoms with Crippen molar-refractivity contribution in [2.75, 3.05) is 18.7 Å². The van der Waals surface area contributed by atoms with Gasteiger partial charge >= 0.3 is 13.4 Å². The summed E-state index contributed by atoms with van der Waals surface area (Å²) in [4.78, 5) is 33.7. The van der Waals surface area contributed by atoms with Crippen molar-refractivity contribution in [3.8, 4) is 0 Å². The lowest BCUT2D eigenvalue weighted by molar-refractivity contribution is 0.113. The number of nitrogens with two attached hydrogens (primary N) is 1. The van der Waals surface area contributed by atoms with Crippen LogP contribution in [0.3, 0.4) is 0 Å². The number of aliphatic hydroxyl groups is 1. The summed E-state index contributed by atoms with van der Waals surface area (Å²) in [6.07, 6.45) is 0.965. The minimum atomic E-state index is -3.90. The Morgan fingerprint density at radius 3 is 2.75 bits per heavy atom. The molecule has 1 aromatic carbocycles. The highest BCUT2D eigenvalue weighted by molar-refractivity contribution is 9.10. The van der Waals surface area contributed by atoms with Gasteiger partial charge in [-0.3, -0.25) is 18.9 Å². The van der Waals surface area contributed by atoms with E-state index in [1.54, 1.807) is 22.8 Å². The average molecular weight is 586 g/mol. The minimum absolute atomic E-state index is 0.0378. The van der Waals surface area contributed by atoms with Gasteiger partial charge in [-0.15, -0.1) is 0 Å². The maximum Gasteiger partial charge on any atom is 0.519 e. The number of nitrogen functional groups attached to an aromatic ring is 1. The fourth-order valence-corrected chi connectivity index (χ4v) is 4.79. The van der Waals surface area contributed by atoms with Gasteiger partial charge < -0.3 is 33.5 Å². The van der Waals surface area contributed by atoms with E-state index in [1.807, 2.05) is 6.07 Å². The van der Waals surface area contributed by atoms with Crippen LogP contribution in [0.1, 0.15) is 17.1 Å². The fraction of sp³-hybridized carbons (Fsp3) is 0.300. The molecule has 0 saturated heterocycles. The van der Waals surface area contributed by atoms with Crippen LogP contribution in [0.15, 0.2) is 53.5 Å². The Morgan fingerprint density at radius 1 is 1.19 bits per heavy atom. The summed E-state index contributed by atoms with van der Waals surface area (Å²) in [6, 6.07) is 7.18. The van der Waals surface area contributed by atoms with Crippen molar-refractivity contribution >= 4 is 40.6 Å². The summed E-state index contributed by atoms with van der Waals surface area (Å²) >= 11 is 3.36. The molecule has 0 aliphatic heterocycles. The first-order valence-corrected chi connectivity index (χ1v) is 12.9. The van der Waals surface area contributed by atoms with Gasteiger partial charge in [0, 0.05) is 11.0 Å². The average Bonchev–Trinajstić information content (AvgIpc) is 3.42. The number of hydrogen-bond acceptors (Lipinski definition) is 12. The monoisotopic (exact) mass is 585 g/mol. The number of rotatable bonds is 12. The van der Waals surface area contributed by atoms with Gasteiger partial charge in [0.1, 0.15) is 19.6 Å². The second kappa shape index (κ2) is 11.3. The first-order valence-electron chi connectivity index (χ1n) is 10.4. The zero-order chi connectivity index (χ0) is 25.7. The molecule has 0 bridgehead atoms. The van der Waals surface area contributed by atoms with E-state index >= 15 is 0 Å². The molecule has 16 heteroatoms. The Hall–Kier alpha value is -3.07. The van der Waals surface area contributed by atoms with Crippen molar-refractivity contribution in [2.45, 2.75) is 26.4 Å². The van der Waals surface area contributed by atoms with Crippen molar-refractivity contribution in [3.05, 3.63) is 73.1 Å². The molecule has 3 aromatic heterocycles.